The smallest absolute Gasteiger partial charge is 0.241 e. The number of amides is 2. The van der Waals surface area contributed by atoms with Gasteiger partial charge in [0.05, 0.1) is 16.6 Å². The summed E-state index contributed by atoms with van der Waals surface area (Å²) in [6.45, 7) is 0. The van der Waals surface area contributed by atoms with Crippen molar-refractivity contribution >= 4 is 50.2 Å². The monoisotopic (exact) mass is 432 g/mol. The largest absolute Gasteiger partial charge is 0.274 e. The number of carbonyl (C=O) groups excluding carboxylic acids is 2. The molecule has 0 saturated carbocycles. The van der Waals surface area contributed by atoms with Gasteiger partial charge in [-0.15, -0.1) is 11.3 Å². The third kappa shape index (κ3) is 3.66. The van der Waals surface area contributed by atoms with Crippen LogP contribution >= 0.6 is 22.7 Å². The van der Waals surface area contributed by atoms with Crippen molar-refractivity contribution in [2.45, 2.75) is 23.8 Å². The molecule has 0 radical (unpaired) electrons. The first-order valence-electron chi connectivity index (χ1n) is 8.49. The zero-order valence-electron chi connectivity index (χ0n) is 14.6. The standard InChI is InChI=1S/C19H16N2O4S3/c22-17-7-8-18(23)21(17)14-3-5-15(6-4-14)28(24,25)20-19(13-9-11-26-12-13)16-2-1-10-27-16/h1-6,9-12,19-20H,7-8H2/t19-/m0/s1. The van der Waals surface area contributed by atoms with Gasteiger partial charge in [0.1, 0.15) is 0 Å². The van der Waals surface area contributed by atoms with Crippen molar-refractivity contribution < 1.29 is 18.0 Å². The van der Waals surface area contributed by atoms with Crippen LogP contribution in [0, 0.1) is 0 Å². The number of imide groups is 1. The molecule has 1 saturated heterocycles. The van der Waals surface area contributed by atoms with E-state index in [2.05, 4.69) is 4.72 Å². The van der Waals surface area contributed by atoms with Crippen LogP contribution in [0.15, 0.2) is 63.5 Å². The van der Waals surface area contributed by atoms with Gasteiger partial charge in [-0.3, -0.25) is 14.5 Å². The first kappa shape index (κ1) is 19.0. The van der Waals surface area contributed by atoms with Crippen LogP contribution in [0.5, 0.6) is 0 Å². The highest BCUT2D eigenvalue weighted by Gasteiger charge is 2.31. The number of hydrogen-bond acceptors (Lipinski definition) is 6. The van der Waals surface area contributed by atoms with E-state index in [-0.39, 0.29) is 29.6 Å². The van der Waals surface area contributed by atoms with Crippen LogP contribution in [0.2, 0.25) is 0 Å². The molecule has 3 aromatic rings. The second-order valence-electron chi connectivity index (χ2n) is 6.24. The van der Waals surface area contributed by atoms with Crippen LogP contribution in [0.3, 0.4) is 0 Å². The fourth-order valence-electron chi connectivity index (χ4n) is 3.05. The Kier molecular flexibility index (Phi) is 5.15. The van der Waals surface area contributed by atoms with Crippen molar-refractivity contribution in [1.82, 2.24) is 4.72 Å². The summed E-state index contributed by atoms with van der Waals surface area (Å²) in [5.41, 5.74) is 1.26. The van der Waals surface area contributed by atoms with E-state index in [0.29, 0.717) is 5.69 Å². The average molecular weight is 433 g/mol. The molecule has 0 unspecified atom stereocenters. The molecule has 28 heavy (non-hydrogen) atoms. The van der Waals surface area contributed by atoms with E-state index in [1.165, 1.54) is 46.9 Å². The molecule has 4 rings (SSSR count). The van der Waals surface area contributed by atoms with Crippen molar-refractivity contribution in [2.75, 3.05) is 4.90 Å². The average Bonchev–Trinajstić information content (AvgIpc) is 3.43. The van der Waals surface area contributed by atoms with Gasteiger partial charge in [0.25, 0.3) is 0 Å². The third-order valence-corrected chi connectivity index (χ3v) is 7.51. The van der Waals surface area contributed by atoms with E-state index < -0.39 is 16.1 Å². The van der Waals surface area contributed by atoms with Crippen LogP contribution in [0.25, 0.3) is 0 Å². The molecule has 1 atom stereocenters. The molecule has 3 heterocycles. The number of nitrogens with zero attached hydrogens (tertiary/aromatic N) is 1. The van der Waals surface area contributed by atoms with Gasteiger partial charge >= 0.3 is 0 Å². The number of sulfonamides is 1. The highest BCUT2D eigenvalue weighted by Crippen LogP contribution is 2.30. The molecule has 1 fully saturated rings. The SMILES string of the molecule is O=C1CCC(=O)N1c1ccc(S(=O)(=O)N[C@@H](c2ccsc2)c2cccs2)cc1. The molecule has 9 heteroatoms. The Morgan fingerprint density at radius 3 is 2.25 bits per heavy atom. The minimum Gasteiger partial charge on any atom is -0.274 e. The number of rotatable bonds is 6. The maximum Gasteiger partial charge on any atom is 0.241 e. The Balaban J connectivity index is 1.61. The summed E-state index contributed by atoms with van der Waals surface area (Å²) in [6, 6.07) is 11.0. The zero-order valence-corrected chi connectivity index (χ0v) is 17.0. The van der Waals surface area contributed by atoms with Crippen molar-refractivity contribution in [2.24, 2.45) is 0 Å². The number of anilines is 1. The van der Waals surface area contributed by atoms with Crippen LogP contribution < -0.4 is 9.62 Å². The Morgan fingerprint density at radius 1 is 0.964 bits per heavy atom. The summed E-state index contributed by atoms with van der Waals surface area (Å²) >= 11 is 2.98. The molecule has 6 nitrogen and oxygen atoms in total. The minimum atomic E-state index is -3.81. The molecular weight excluding hydrogens is 416 g/mol. The summed E-state index contributed by atoms with van der Waals surface area (Å²) in [6.07, 6.45) is 0.368. The summed E-state index contributed by atoms with van der Waals surface area (Å²) < 4.78 is 28.7. The maximum absolute atomic E-state index is 12.9. The summed E-state index contributed by atoms with van der Waals surface area (Å²) in [7, 11) is -3.81. The first-order chi connectivity index (χ1) is 13.5. The number of hydrogen-bond donors (Lipinski definition) is 1. The first-order valence-corrected chi connectivity index (χ1v) is 11.8. The van der Waals surface area contributed by atoms with E-state index in [9.17, 15) is 18.0 Å². The molecule has 0 aliphatic carbocycles. The van der Waals surface area contributed by atoms with Crippen molar-refractivity contribution in [3.8, 4) is 0 Å². The fourth-order valence-corrected chi connectivity index (χ4v) is 5.81. The molecule has 2 amide bonds. The second-order valence-corrected chi connectivity index (χ2v) is 9.72. The van der Waals surface area contributed by atoms with Crippen molar-refractivity contribution in [3.05, 3.63) is 69.0 Å². The number of benzene rings is 1. The van der Waals surface area contributed by atoms with Crippen molar-refractivity contribution in [3.63, 3.8) is 0 Å². The lowest BCUT2D eigenvalue weighted by atomic mass is 10.1. The highest BCUT2D eigenvalue weighted by atomic mass is 32.2. The zero-order chi connectivity index (χ0) is 19.7. The van der Waals surface area contributed by atoms with E-state index in [1.54, 1.807) is 0 Å². The van der Waals surface area contributed by atoms with Crippen LogP contribution in [0.1, 0.15) is 29.3 Å². The minimum absolute atomic E-state index is 0.0760. The Bertz CT molecular complexity index is 1040. The van der Waals surface area contributed by atoms with E-state index in [4.69, 9.17) is 0 Å². The normalized spacial score (nSPS) is 15.9. The summed E-state index contributed by atoms with van der Waals surface area (Å²) in [5.74, 6) is -0.539. The van der Waals surface area contributed by atoms with Gasteiger partial charge in [-0.25, -0.2) is 8.42 Å². The molecule has 1 aliphatic rings. The number of nitrogens with one attached hydrogen (secondary N) is 1. The van der Waals surface area contributed by atoms with Gasteiger partial charge < -0.3 is 0 Å². The molecule has 0 bridgehead atoms. The Labute approximate surface area is 170 Å². The Morgan fingerprint density at radius 2 is 1.68 bits per heavy atom. The summed E-state index contributed by atoms with van der Waals surface area (Å²) in [5, 5.41) is 5.73. The lowest BCUT2D eigenvalue weighted by molar-refractivity contribution is -0.121. The maximum atomic E-state index is 12.9. The molecule has 144 valence electrons. The molecular formula is C19H16N2O4S3. The molecule has 2 aromatic heterocycles. The van der Waals surface area contributed by atoms with Gasteiger partial charge in [0, 0.05) is 17.7 Å². The van der Waals surface area contributed by atoms with Gasteiger partial charge in [-0.05, 0) is 58.1 Å². The summed E-state index contributed by atoms with van der Waals surface area (Å²) in [4.78, 5) is 25.8. The topological polar surface area (TPSA) is 83.6 Å². The lowest BCUT2D eigenvalue weighted by Crippen LogP contribution is -2.30. The van der Waals surface area contributed by atoms with Crippen LogP contribution in [-0.2, 0) is 19.6 Å². The number of thiophene rings is 2. The van der Waals surface area contributed by atoms with Crippen LogP contribution in [0.4, 0.5) is 5.69 Å². The molecule has 1 aromatic carbocycles. The second kappa shape index (κ2) is 7.59. The molecule has 0 spiro atoms. The van der Waals surface area contributed by atoms with E-state index >= 15 is 0 Å². The lowest BCUT2D eigenvalue weighted by Gasteiger charge is -2.18. The number of carbonyl (C=O) groups is 2. The van der Waals surface area contributed by atoms with Crippen molar-refractivity contribution in [1.29, 1.82) is 0 Å². The highest BCUT2D eigenvalue weighted by molar-refractivity contribution is 7.89. The third-order valence-electron chi connectivity index (χ3n) is 4.43. The van der Waals surface area contributed by atoms with Gasteiger partial charge in [0.2, 0.25) is 21.8 Å². The van der Waals surface area contributed by atoms with Gasteiger partial charge in [0.15, 0.2) is 0 Å². The van der Waals surface area contributed by atoms with E-state index in [0.717, 1.165) is 15.3 Å². The predicted octanol–water partition coefficient (Wildman–Crippen LogP) is 3.53. The molecule has 1 aliphatic heterocycles. The predicted molar refractivity (Wildman–Crippen MR) is 109 cm³/mol. The van der Waals surface area contributed by atoms with Gasteiger partial charge in [-0.1, -0.05) is 6.07 Å². The van der Waals surface area contributed by atoms with E-state index in [1.807, 2.05) is 34.3 Å². The van der Waals surface area contributed by atoms with Crippen LogP contribution in [-0.4, -0.2) is 20.2 Å². The fraction of sp³-hybridized carbons (Fsp3) is 0.158. The Hall–Kier alpha value is -2.33. The van der Waals surface area contributed by atoms with Gasteiger partial charge in [-0.2, -0.15) is 16.1 Å². The molecule has 1 N–H and O–H groups in total. The quantitative estimate of drug-likeness (QED) is 0.604.